The Morgan fingerprint density at radius 3 is 2.14 bits per heavy atom. The van der Waals surface area contributed by atoms with E-state index in [1.165, 1.54) is 24.8 Å². The number of nitrogens with zero attached hydrogens (tertiary/aromatic N) is 1. The maximum Gasteiger partial charge on any atom is 0.246 e. The van der Waals surface area contributed by atoms with Crippen molar-refractivity contribution in [3.05, 3.63) is 36.7 Å². The van der Waals surface area contributed by atoms with Crippen molar-refractivity contribution < 1.29 is 4.79 Å². The van der Waals surface area contributed by atoms with Crippen molar-refractivity contribution in [2.45, 2.75) is 118 Å². The summed E-state index contributed by atoms with van der Waals surface area (Å²) >= 11 is 0. The first-order chi connectivity index (χ1) is 16.1. The zero-order valence-electron chi connectivity index (χ0n) is 24.0. The molecule has 2 saturated carbocycles. The standard InChI is InChI=1S/C31H53N3O/c1-20(2)15-16-24(29(6,7)8)32-22(5)33-27(31(11)17-13-12-14-18-31)28(35)34-19-23-25(30(23,9)10)26(34)21(3)4/h23-27,32-33H,1,3,5,12-19H2,2,4,6-11H3/t23-,24?,25-,26?,27?/m0/s1. The summed E-state index contributed by atoms with van der Waals surface area (Å²) in [5.41, 5.74) is 2.63. The molecule has 198 valence electrons. The molecule has 0 spiro atoms. The van der Waals surface area contributed by atoms with E-state index in [1.54, 1.807) is 0 Å². The number of hydrogen-bond donors (Lipinski definition) is 2. The van der Waals surface area contributed by atoms with Gasteiger partial charge in [-0.25, -0.2) is 0 Å². The van der Waals surface area contributed by atoms with Gasteiger partial charge in [-0.2, -0.15) is 0 Å². The smallest absolute Gasteiger partial charge is 0.246 e. The van der Waals surface area contributed by atoms with Crippen molar-refractivity contribution in [2.24, 2.45) is 28.1 Å². The first kappa shape index (κ1) is 27.9. The van der Waals surface area contributed by atoms with E-state index >= 15 is 0 Å². The minimum absolute atomic E-state index is 0.0706. The van der Waals surface area contributed by atoms with Crippen LogP contribution in [0.4, 0.5) is 0 Å². The van der Waals surface area contributed by atoms with E-state index in [1.807, 2.05) is 0 Å². The SMILES string of the molecule is C=C(C)CCC(NC(=C)NC(C(=O)N1C[C@H]2[C@@H](C1C(=C)C)C2(C)C)C1(C)CCCCC1)C(C)(C)C. The molecule has 3 fully saturated rings. The van der Waals surface area contributed by atoms with Crippen LogP contribution in [0.2, 0.25) is 0 Å². The number of likely N-dealkylation sites (tertiary alicyclic amines) is 1. The van der Waals surface area contributed by atoms with Gasteiger partial charge in [0, 0.05) is 12.6 Å². The highest BCUT2D eigenvalue weighted by atomic mass is 16.2. The van der Waals surface area contributed by atoms with Crippen LogP contribution < -0.4 is 10.6 Å². The largest absolute Gasteiger partial charge is 0.369 e. The molecule has 3 aliphatic rings. The van der Waals surface area contributed by atoms with Gasteiger partial charge in [-0.15, -0.1) is 6.58 Å². The first-order valence-electron chi connectivity index (χ1n) is 13.9. The fraction of sp³-hybridized carbons (Fsp3) is 0.774. The Morgan fingerprint density at radius 1 is 1.03 bits per heavy atom. The molecule has 1 aliphatic heterocycles. The molecule has 2 aliphatic carbocycles. The van der Waals surface area contributed by atoms with Crippen LogP contribution in [-0.4, -0.2) is 35.5 Å². The number of piperidine rings is 1. The Kier molecular flexibility index (Phi) is 7.95. The summed E-state index contributed by atoms with van der Waals surface area (Å²) in [6.07, 6.45) is 7.77. The topological polar surface area (TPSA) is 44.4 Å². The lowest BCUT2D eigenvalue weighted by Gasteiger charge is -2.44. The fourth-order valence-corrected chi connectivity index (χ4v) is 6.97. The Hall–Kier alpha value is -1.71. The van der Waals surface area contributed by atoms with Gasteiger partial charge in [0.1, 0.15) is 6.04 Å². The highest BCUT2D eigenvalue weighted by Crippen LogP contribution is 2.66. The normalized spacial score (nSPS) is 28.5. The van der Waals surface area contributed by atoms with E-state index in [-0.39, 0.29) is 34.9 Å². The lowest BCUT2D eigenvalue weighted by atomic mass is 9.70. The number of amides is 1. The van der Waals surface area contributed by atoms with Crippen LogP contribution in [0.1, 0.15) is 100 Å². The molecule has 3 unspecified atom stereocenters. The van der Waals surface area contributed by atoms with Crippen LogP contribution in [0.3, 0.4) is 0 Å². The summed E-state index contributed by atoms with van der Waals surface area (Å²) in [6.45, 7) is 31.6. The molecule has 5 atom stereocenters. The van der Waals surface area contributed by atoms with E-state index in [0.717, 1.165) is 43.6 Å². The van der Waals surface area contributed by atoms with Gasteiger partial charge in [-0.1, -0.05) is 85.1 Å². The summed E-state index contributed by atoms with van der Waals surface area (Å²) in [5.74, 6) is 2.13. The highest BCUT2D eigenvalue weighted by Gasteiger charge is 2.68. The average Bonchev–Trinajstić information content (AvgIpc) is 3.09. The van der Waals surface area contributed by atoms with E-state index < -0.39 is 0 Å². The molecule has 2 N–H and O–H groups in total. The van der Waals surface area contributed by atoms with Gasteiger partial charge >= 0.3 is 0 Å². The van der Waals surface area contributed by atoms with Crippen LogP contribution in [0.25, 0.3) is 0 Å². The monoisotopic (exact) mass is 483 g/mol. The lowest BCUT2D eigenvalue weighted by molar-refractivity contribution is -0.138. The van der Waals surface area contributed by atoms with Gasteiger partial charge < -0.3 is 15.5 Å². The predicted octanol–water partition coefficient (Wildman–Crippen LogP) is 6.81. The third-order valence-electron chi connectivity index (χ3n) is 9.51. The summed E-state index contributed by atoms with van der Waals surface area (Å²) in [4.78, 5) is 16.5. The molecule has 4 nitrogen and oxygen atoms in total. The van der Waals surface area contributed by atoms with Crippen molar-refractivity contribution in [2.75, 3.05) is 6.54 Å². The summed E-state index contributed by atoms with van der Waals surface area (Å²) in [7, 11) is 0. The Balaban J connectivity index is 1.81. The van der Waals surface area contributed by atoms with Crippen molar-refractivity contribution >= 4 is 5.91 Å². The molecule has 35 heavy (non-hydrogen) atoms. The zero-order chi connectivity index (χ0) is 26.3. The van der Waals surface area contributed by atoms with E-state index in [0.29, 0.717) is 17.3 Å². The summed E-state index contributed by atoms with van der Waals surface area (Å²) in [5, 5.41) is 7.33. The molecule has 0 aromatic heterocycles. The quantitative estimate of drug-likeness (QED) is 0.336. The Labute approximate surface area is 216 Å². The van der Waals surface area contributed by atoms with Gasteiger partial charge in [-0.3, -0.25) is 4.79 Å². The van der Waals surface area contributed by atoms with Crippen LogP contribution in [0.15, 0.2) is 36.7 Å². The molecule has 1 amide bonds. The third-order valence-corrected chi connectivity index (χ3v) is 9.51. The average molecular weight is 484 g/mol. The molecule has 0 aromatic rings. The molecular formula is C31H53N3O. The molecule has 3 rings (SSSR count). The summed E-state index contributed by atoms with van der Waals surface area (Å²) in [6, 6.07) is 0.127. The number of rotatable bonds is 10. The van der Waals surface area contributed by atoms with Crippen molar-refractivity contribution in [3.8, 4) is 0 Å². The number of carbonyl (C=O) groups is 1. The fourth-order valence-electron chi connectivity index (χ4n) is 6.97. The first-order valence-corrected chi connectivity index (χ1v) is 13.9. The van der Waals surface area contributed by atoms with Gasteiger partial charge in [-0.05, 0) is 67.6 Å². The van der Waals surface area contributed by atoms with Crippen LogP contribution in [0, 0.1) is 28.1 Å². The second-order valence-electron chi connectivity index (χ2n) is 14.1. The van der Waals surface area contributed by atoms with Crippen LogP contribution in [-0.2, 0) is 4.79 Å². The van der Waals surface area contributed by atoms with Gasteiger partial charge in [0.25, 0.3) is 0 Å². The molecule has 0 radical (unpaired) electrons. The van der Waals surface area contributed by atoms with Gasteiger partial charge in [0.2, 0.25) is 5.91 Å². The van der Waals surface area contributed by atoms with Crippen molar-refractivity contribution in [3.63, 3.8) is 0 Å². The number of nitrogens with one attached hydrogen (secondary N) is 2. The molecule has 0 bridgehead atoms. The molecule has 4 heteroatoms. The van der Waals surface area contributed by atoms with Crippen molar-refractivity contribution in [1.82, 2.24) is 15.5 Å². The second kappa shape index (κ2) is 9.98. The van der Waals surface area contributed by atoms with Crippen molar-refractivity contribution in [1.29, 1.82) is 0 Å². The summed E-state index contributed by atoms with van der Waals surface area (Å²) < 4.78 is 0. The van der Waals surface area contributed by atoms with E-state index in [2.05, 4.69) is 90.7 Å². The number of carbonyl (C=O) groups excluding carboxylic acids is 1. The number of hydrogen-bond acceptors (Lipinski definition) is 3. The van der Waals surface area contributed by atoms with Gasteiger partial charge in [0.15, 0.2) is 0 Å². The molecule has 0 aromatic carbocycles. The van der Waals surface area contributed by atoms with E-state index in [9.17, 15) is 4.79 Å². The lowest BCUT2D eigenvalue weighted by Crippen LogP contribution is -2.58. The highest BCUT2D eigenvalue weighted by molar-refractivity contribution is 5.84. The van der Waals surface area contributed by atoms with Crippen LogP contribution >= 0.6 is 0 Å². The second-order valence-corrected chi connectivity index (χ2v) is 14.1. The molecule has 1 saturated heterocycles. The van der Waals surface area contributed by atoms with Crippen LogP contribution in [0.5, 0.6) is 0 Å². The Bertz CT molecular complexity index is 842. The predicted molar refractivity (Wildman–Crippen MR) is 149 cm³/mol. The van der Waals surface area contributed by atoms with Gasteiger partial charge in [0.05, 0.1) is 11.9 Å². The minimum atomic E-state index is -0.271. The van der Waals surface area contributed by atoms with E-state index in [4.69, 9.17) is 0 Å². The Morgan fingerprint density at radius 2 is 1.63 bits per heavy atom. The maximum absolute atomic E-state index is 14.3. The minimum Gasteiger partial charge on any atom is -0.369 e. The maximum atomic E-state index is 14.3. The number of allylic oxidation sites excluding steroid dienone is 1. The number of fused-ring (bicyclic) bond motifs is 1. The molecular weight excluding hydrogens is 430 g/mol. The zero-order valence-corrected chi connectivity index (χ0v) is 24.0. The third kappa shape index (κ3) is 5.83. The molecule has 1 heterocycles.